The number of aryl methyl sites for hydroxylation is 1. The first-order chi connectivity index (χ1) is 10.2. The van der Waals surface area contributed by atoms with E-state index in [2.05, 4.69) is 17.2 Å². The van der Waals surface area contributed by atoms with Crippen molar-refractivity contribution in [2.24, 2.45) is 5.73 Å². The Kier molecular flexibility index (Phi) is 5.40. The van der Waals surface area contributed by atoms with Gasteiger partial charge in [0.25, 0.3) is 5.91 Å². The Labute approximate surface area is 133 Å². The normalized spacial score (nSPS) is 9.86. The zero-order valence-electron chi connectivity index (χ0n) is 11.6. The lowest BCUT2D eigenvalue weighted by atomic mass is 10.2. The van der Waals surface area contributed by atoms with Gasteiger partial charge in [-0.25, -0.2) is 0 Å². The Morgan fingerprint density at radius 2 is 2.24 bits per heavy atom. The van der Waals surface area contributed by atoms with Crippen molar-refractivity contribution >= 4 is 34.5 Å². The van der Waals surface area contributed by atoms with Gasteiger partial charge in [-0.1, -0.05) is 30.4 Å². The second-order valence-electron chi connectivity index (χ2n) is 4.28. The Morgan fingerprint density at radius 1 is 1.43 bits per heavy atom. The van der Waals surface area contributed by atoms with E-state index in [0.29, 0.717) is 22.1 Å². The summed E-state index contributed by atoms with van der Waals surface area (Å²) >= 11 is 7.55. The van der Waals surface area contributed by atoms with Crippen molar-refractivity contribution in [1.29, 1.82) is 0 Å². The molecule has 0 aliphatic carbocycles. The summed E-state index contributed by atoms with van der Waals surface area (Å²) < 4.78 is 0. The van der Waals surface area contributed by atoms with Crippen LogP contribution >= 0.6 is 22.9 Å². The van der Waals surface area contributed by atoms with Crippen LogP contribution < -0.4 is 11.1 Å². The molecule has 5 heteroatoms. The van der Waals surface area contributed by atoms with Crippen molar-refractivity contribution in [3.8, 4) is 11.8 Å². The molecule has 3 nitrogen and oxygen atoms in total. The van der Waals surface area contributed by atoms with Gasteiger partial charge in [-0.05, 0) is 41.6 Å². The third-order valence-corrected chi connectivity index (χ3v) is 4.17. The second-order valence-corrected chi connectivity index (χ2v) is 5.61. The molecule has 2 rings (SSSR count). The maximum atomic E-state index is 12.3. The number of amides is 1. The van der Waals surface area contributed by atoms with Gasteiger partial charge < -0.3 is 11.1 Å². The standard InChI is InChI=1S/C16H15ClN2OS/c1-2-12-7-9-21-15(12)16(20)19-14-10-11(4-3-8-18)5-6-13(14)17/h5-7,9-10H,2,8,18H2,1H3,(H,19,20). The molecule has 1 heterocycles. The highest BCUT2D eigenvalue weighted by molar-refractivity contribution is 7.12. The van der Waals surface area contributed by atoms with Gasteiger partial charge in [-0.2, -0.15) is 0 Å². The number of carbonyl (C=O) groups excluding carboxylic acids is 1. The molecule has 1 amide bonds. The first kappa shape index (κ1) is 15.6. The summed E-state index contributed by atoms with van der Waals surface area (Å²) in [5.41, 5.74) is 7.71. The quantitative estimate of drug-likeness (QED) is 0.851. The molecule has 0 atom stereocenters. The van der Waals surface area contributed by atoms with E-state index >= 15 is 0 Å². The molecule has 1 aromatic carbocycles. The predicted octanol–water partition coefficient (Wildman–Crippen LogP) is 3.53. The fourth-order valence-corrected chi connectivity index (χ4v) is 2.90. The molecule has 0 radical (unpaired) electrons. The highest BCUT2D eigenvalue weighted by Gasteiger charge is 2.13. The van der Waals surface area contributed by atoms with Gasteiger partial charge in [0.15, 0.2) is 0 Å². The minimum Gasteiger partial charge on any atom is -0.320 e. The molecule has 108 valence electrons. The topological polar surface area (TPSA) is 55.1 Å². The number of hydrogen-bond donors (Lipinski definition) is 2. The van der Waals surface area contributed by atoms with Crippen LogP contribution in [0.3, 0.4) is 0 Å². The molecule has 0 aliphatic heterocycles. The van der Waals surface area contributed by atoms with E-state index in [-0.39, 0.29) is 5.91 Å². The van der Waals surface area contributed by atoms with Crippen molar-refractivity contribution in [3.05, 3.63) is 50.7 Å². The Bertz CT molecular complexity index is 713. The fourth-order valence-electron chi connectivity index (χ4n) is 1.84. The number of halogens is 1. The molecule has 0 fully saturated rings. The number of benzene rings is 1. The first-order valence-electron chi connectivity index (χ1n) is 6.52. The smallest absolute Gasteiger partial charge is 0.266 e. The van der Waals surface area contributed by atoms with Crippen LogP contribution in [0, 0.1) is 11.8 Å². The van der Waals surface area contributed by atoms with Gasteiger partial charge in [0.2, 0.25) is 0 Å². The van der Waals surface area contributed by atoms with E-state index in [0.717, 1.165) is 17.5 Å². The third-order valence-electron chi connectivity index (χ3n) is 2.88. The Morgan fingerprint density at radius 3 is 2.95 bits per heavy atom. The Balaban J connectivity index is 2.24. The van der Waals surface area contributed by atoms with Crippen LogP contribution in [-0.4, -0.2) is 12.5 Å². The lowest BCUT2D eigenvalue weighted by molar-refractivity contribution is 0.103. The van der Waals surface area contributed by atoms with E-state index in [1.807, 2.05) is 18.4 Å². The average Bonchev–Trinajstić information content (AvgIpc) is 2.96. The van der Waals surface area contributed by atoms with E-state index < -0.39 is 0 Å². The highest BCUT2D eigenvalue weighted by Crippen LogP contribution is 2.25. The summed E-state index contributed by atoms with van der Waals surface area (Å²) in [6.07, 6.45) is 0.821. The van der Waals surface area contributed by atoms with Gasteiger partial charge >= 0.3 is 0 Å². The lowest BCUT2D eigenvalue weighted by Crippen LogP contribution is -2.12. The van der Waals surface area contributed by atoms with Gasteiger partial charge in [0.1, 0.15) is 0 Å². The SMILES string of the molecule is CCc1ccsc1C(=O)Nc1cc(C#CCN)ccc1Cl. The largest absolute Gasteiger partial charge is 0.320 e. The van der Waals surface area contributed by atoms with E-state index in [4.69, 9.17) is 17.3 Å². The molecule has 2 aromatic rings. The summed E-state index contributed by atoms with van der Waals surface area (Å²) in [6, 6.07) is 7.22. The monoisotopic (exact) mass is 318 g/mol. The van der Waals surface area contributed by atoms with E-state index in [1.54, 1.807) is 18.2 Å². The van der Waals surface area contributed by atoms with Gasteiger partial charge in [0, 0.05) is 5.56 Å². The molecule has 0 saturated heterocycles. The van der Waals surface area contributed by atoms with Crippen LogP contribution in [0.5, 0.6) is 0 Å². The Hall–Kier alpha value is -1.80. The van der Waals surface area contributed by atoms with Gasteiger partial charge in [-0.15, -0.1) is 11.3 Å². The number of carbonyl (C=O) groups is 1. The molecular formula is C16H15ClN2OS. The molecular weight excluding hydrogens is 304 g/mol. The lowest BCUT2D eigenvalue weighted by Gasteiger charge is -2.08. The van der Waals surface area contributed by atoms with Crippen LogP contribution in [0.15, 0.2) is 29.6 Å². The average molecular weight is 319 g/mol. The van der Waals surface area contributed by atoms with Crippen LogP contribution in [0.2, 0.25) is 5.02 Å². The van der Waals surface area contributed by atoms with Crippen molar-refractivity contribution in [1.82, 2.24) is 0 Å². The number of nitrogens with one attached hydrogen (secondary N) is 1. The maximum absolute atomic E-state index is 12.3. The second kappa shape index (κ2) is 7.28. The summed E-state index contributed by atoms with van der Waals surface area (Å²) in [6.45, 7) is 2.31. The molecule has 21 heavy (non-hydrogen) atoms. The summed E-state index contributed by atoms with van der Waals surface area (Å²) in [7, 11) is 0. The maximum Gasteiger partial charge on any atom is 0.266 e. The summed E-state index contributed by atoms with van der Waals surface area (Å²) in [4.78, 5) is 13.0. The zero-order valence-corrected chi connectivity index (χ0v) is 13.1. The van der Waals surface area contributed by atoms with Crippen molar-refractivity contribution in [3.63, 3.8) is 0 Å². The van der Waals surface area contributed by atoms with Crippen LogP contribution in [-0.2, 0) is 6.42 Å². The molecule has 0 saturated carbocycles. The van der Waals surface area contributed by atoms with E-state index in [1.165, 1.54) is 11.3 Å². The summed E-state index contributed by atoms with van der Waals surface area (Å²) in [5, 5.41) is 5.24. The molecule has 3 N–H and O–H groups in total. The first-order valence-corrected chi connectivity index (χ1v) is 7.77. The van der Waals surface area contributed by atoms with Crippen LogP contribution in [0.1, 0.15) is 27.7 Å². The number of thiophene rings is 1. The highest BCUT2D eigenvalue weighted by atomic mass is 35.5. The number of hydrogen-bond acceptors (Lipinski definition) is 3. The van der Waals surface area contributed by atoms with Crippen molar-refractivity contribution in [2.75, 3.05) is 11.9 Å². The third kappa shape index (κ3) is 3.85. The van der Waals surface area contributed by atoms with Gasteiger partial charge in [-0.3, -0.25) is 4.79 Å². The molecule has 0 spiro atoms. The number of rotatable bonds is 3. The summed E-state index contributed by atoms with van der Waals surface area (Å²) in [5.74, 6) is 5.55. The van der Waals surface area contributed by atoms with Gasteiger partial charge in [0.05, 0.1) is 22.1 Å². The van der Waals surface area contributed by atoms with E-state index in [9.17, 15) is 4.79 Å². The molecule has 0 unspecified atom stereocenters. The molecule has 1 aromatic heterocycles. The number of anilines is 1. The molecule has 0 bridgehead atoms. The van der Waals surface area contributed by atoms with Crippen LogP contribution in [0.25, 0.3) is 0 Å². The molecule has 0 aliphatic rings. The zero-order chi connectivity index (χ0) is 15.2. The van der Waals surface area contributed by atoms with Crippen LogP contribution in [0.4, 0.5) is 5.69 Å². The van der Waals surface area contributed by atoms with Crippen molar-refractivity contribution < 1.29 is 4.79 Å². The predicted molar refractivity (Wildman–Crippen MR) is 89.0 cm³/mol. The number of nitrogens with two attached hydrogens (primary N) is 1. The fraction of sp³-hybridized carbons (Fsp3) is 0.188. The van der Waals surface area contributed by atoms with Crippen molar-refractivity contribution in [2.45, 2.75) is 13.3 Å². The minimum absolute atomic E-state index is 0.146. The minimum atomic E-state index is -0.146.